The molecule has 28 heavy (non-hydrogen) atoms. The van der Waals surface area contributed by atoms with Crippen molar-refractivity contribution in [2.45, 2.75) is 50.8 Å². The van der Waals surface area contributed by atoms with Gasteiger partial charge in [-0.15, -0.1) is 6.58 Å². The molecule has 152 valence electrons. The zero-order chi connectivity index (χ0) is 20.1. The average Bonchev–Trinajstić information content (AvgIpc) is 2.68. The summed E-state index contributed by atoms with van der Waals surface area (Å²) in [6.07, 6.45) is -3.23. The summed E-state index contributed by atoms with van der Waals surface area (Å²) in [5, 5.41) is 0. The summed E-state index contributed by atoms with van der Waals surface area (Å²) < 4.78 is 34.2. The Bertz CT molecular complexity index is 691. The summed E-state index contributed by atoms with van der Waals surface area (Å²) >= 11 is 0. The number of carbonyl (C=O) groups excluding carboxylic acids is 2. The van der Waals surface area contributed by atoms with E-state index in [0.29, 0.717) is 0 Å². The summed E-state index contributed by atoms with van der Waals surface area (Å²) in [7, 11) is 0. The Morgan fingerprint density at radius 3 is 2.43 bits per heavy atom. The zero-order valence-corrected chi connectivity index (χ0v) is 15.8. The van der Waals surface area contributed by atoms with Gasteiger partial charge in [-0.2, -0.15) is 0 Å². The van der Waals surface area contributed by atoms with Crippen LogP contribution in [0.5, 0.6) is 0 Å². The average molecular weight is 392 g/mol. The number of rotatable bonds is 6. The molecule has 0 aliphatic carbocycles. The minimum atomic E-state index is -0.989. The molecular formula is C20H24O8. The Morgan fingerprint density at radius 1 is 1.11 bits per heavy atom. The molecule has 0 spiro atoms. The van der Waals surface area contributed by atoms with E-state index in [4.69, 9.17) is 28.4 Å². The topological polar surface area (TPSA) is 89.5 Å². The van der Waals surface area contributed by atoms with Gasteiger partial charge in [-0.1, -0.05) is 36.4 Å². The first kappa shape index (κ1) is 20.5. The number of benzene rings is 1. The maximum atomic E-state index is 11.7. The molecule has 2 aliphatic rings. The molecule has 8 nitrogen and oxygen atoms in total. The Hall–Kier alpha value is -2.26. The first-order valence-electron chi connectivity index (χ1n) is 9.04. The summed E-state index contributed by atoms with van der Waals surface area (Å²) in [5.41, 5.74) is 0.816. The van der Waals surface area contributed by atoms with Crippen LogP contribution < -0.4 is 0 Å². The van der Waals surface area contributed by atoms with Gasteiger partial charge >= 0.3 is 11.9 Å². The predicted molar refractivity (Wildman–Crippen MR) is 95.9 cm³/mol. The van der Waals surface area contributed by atoms with E-state index >= 15 is 0 Å². The molecule has 2 heterocycles. The van der Waals surface area contributed by atoms with Gasteiger partial charge < -0.3 is 28.4 Å². The van der Waals surface area contributed by atoms with Gasteiger partial charge in [-0.05, 0) is 0 Å². The molecule has 0 bridgehead atoms. The molecule has 0 N–H and O–H groups in total. The van der Waals surface area contributed by atoms with Crippen LogP contribution in [0, 0.1) is 0 Å². The fourth-order valence-electron chi connectivity index (χ4n) is 3.27. The number of hydrogen-bond donors (Lipinski definition) is 0. The Balaban J connectivity index is 1.86. The second kappa shape index (κ2) is 9.29. The molecule has 0 amide bonds. The fraction of sp³-hybridized carbons (Fsp3) is 0.500. The van der Waals surface area contributed by atoms with Crippen molar-refractivity contribution >= 4 is 11.9 Å². The summed E-state index contributed by atoms with van der Waals surface area (Å²) in [6.45, 7) is 6.51. The molecule has 1 aromatic rings. The maximum absolute atomic E-state index is 11.7. The van der Waals surface area contributed by atoms with Crippen LogP contribution in [0.4, 0.5) is 0 Å². The molecule has 3 rings (SSSR count). The SMILES string of the molecule is C=CCO[C@@H]1O[C@@H]2COC(c3ccccc3)O[C@@H]2[C@H](OC(C)=O)[C@H]1OC(C)=O. The number of carbonyl (C=O) groups is 2. The van der Waals surface area contributed by atoms with Crippen molar-refractivity contribution in [1.82, 2.24) is 0 Å². The highest BCUT2D eigenvalue weighted by atomic mass is 16.8. The van der Waals surface area contributed by atoms with Crippen molar-refractivity contribution in [2.75, 3.05) is 13.2 Å². The van der Waals surface area contributed by atoms with Gasteiger partial charge in [0.2, 0.25) is 0 Å². The smallest absolute Gasteiger partial charge is 0.303 e. The lowest BCUT2D eigenvalue weighted by Gasteiger charge is -2.47. The van der Waals surface area contributed by atoms with Crippen molar-refractivity contribution < 1.29 is 38.0 Å². The lowest BCUT2D eigenvalue weighted by Crippen LogP contribution is -2.64. The van der Waals surface area contributed by atoms with Gasteiger partial charge in [0, 0.05) is 19.4 Å². The second-order valence-corrected chi connectivity index (χ2v) is 6.49. The molecule has 0 saturated carbocycles. The van der Waals surface area contributed by atoms with E-state index in [1.54, 1.807) is 6.08 Å². The molecule has 0 aromatic heterocycles. The quantitative estimate of drug-likeness (QED) is 0.536. The van der Waals surface area contributed by atoms with Crippen LogP contribution in [-0.4, -0.2) is 55.9 Å². The van der Waals surface area contributed by atoms with E-state index in [1.165, 1.54) is 13.8 Å². The molecule has 6 atom stereocenters. The first-order valence-corrected chi connectivity index (χ1v) is 9.04. The molecular weight excluding hydrogens is 368 g/mol. The van der Waals surface area contributed by atoms with Gasteiger partial charge in [0.25, 0.3) is 0 Å². The molecule has 2 saturated heterocycles. The Labute approximate surface area is 163 Å². The Kier molecular flexibility index (Phi) is 6.79. The van der Waals surface area contributed by atoms with E-state index in [1.807, 2.05) is 30.3 Å². The predicted octanol–water partition coefficient (Wildman–Crippen LogP) is 1.89. The van der Waals surface area contributed by atoms with Crippen molar-refractivity contribution in [2.24, 2.45) is 0 Å². The van der Waals surface area contributed by atoms with Crippen LogP contribution >= 0.6 is 0 Å². The monoisotopic (exact) mass is 392 g/mol. The van der Waals surface area contributed by atoms with Crippen LogP contribution in [0.15, 0.2) is 43.0 Å². The van der Waals surface area contributed by atoms with E-state index in [2.05, 4.69) is 6.58 Å². The van der Waals surface area contributed by atoms with E-state index in [9.17, 15) is 9.59 Å². The largest absolute Gasteiger partial charge is 0.455 e. The number of hydrogen-bond acceptors (Lipinski definition) is 8. The van der Waals surface area contributed by atoms with Crippen LogP contribution in [0.1, 0.15) is 25.7 Å². The maximum Gasteiger partial charge on any atom is 0.303 e. The third-order valence-electron chi connectivity index (χ3n) is 4.34. The fourth-order valence-corrected chi connectivity index (χ4v) is 3.27. The van der Waals surface area contributed by atoms with Crippen LogP contribution in [0.25, 0.3) is 0 Å². The highest BCUT2D eigenvalue weighted by Crippen LogP contribution is 2.36. The van der Waals surface area contributed by atoms with Gasteiger partial charge in [0.05, 0.1) is 13.2 Å². The van der Waals surface area contributed by atoms with Crippen molar-refractivity contribution in [3.8, 4) is 0 Å². The summed E-state index contributed by atoms with van der Waals surface area (Å²) in [6, 6.07) is 9.37. The van der Waals surface area contributed by atoms with Gasteiger partial charge in [-0.25, -0.2) is 0 Å². The van der Waals surface area contributed by atoms with Crippen LogP contribution in [-0.2, 0) is 38.0 Å². The lowest BCUT2D eigenvalue weighted by molar-refractivity contribution is -0.361. The number of esters is 2. The molecule has 2 fully saturated rings. The minimum absolute atomic E-state index is 0.168. The van der Waals surface area contributed by atoms with E-state index in [-0.39, 0.29) is 13.2 Å². The lowest BCUT2D eigenvalue weighted by atomic mass is 9.97. The highest BCUT2D eigenvalue weighted by Gasteiger charge is 2.53. The minimum Gasteiger partial charge on any atom is -0.455 e. The molecule has 1 aromatic carbocycles. The van der Waals surface area contributed by atoms with Crippen molar-refractivity contribution in [3.05, 3.63) is 48.6 Å². The van der Waals surface area contributed by atoms with Crippen LogP contribution in [0.2, 0.25) is 0 Å². The van der Waals surface area contributed by atoms with Gasteiger partial charge in [0.1, 0.15) is 12.2 Å². The van der Waals surface area contributed by atoms with Crippen LogP contribution in [0.3, 0.4) is 0 Å². The van der Waals surface area contributed by atoms with Gasteiger partial charge in [0.15, 0.2) is 24.8 Å². The highest BCUT2D eigenvalue weighted by molar-refractivity contribution is 5.67. The number of fused-ring (bicyclic) bond motifs is 1. The second-order valence-electron chi connectivity index (χ2n) is 6.49. The summed E-state index contributed by atoms with van der Waals surface area (Å²) in [4.78, 5) is 23.4. The molecule has 1 unspecified atom stereocenters. The van der Waals surface area contributed by atoms with E-state index < -0.39 is 48.9 Å². The standard InChI is InChI=1S/C20H24O8/c1-4-10-23-20-18(26-13(3)22)17(25-12(2)21)16-15(27-20)11-24-19(28-16)14-8-6-5-7-9-14/h4-9,15-20H,1,10-11H2,2-3H3/t15-,16+,17+,18-,19?,20-/m1/s1. The first-order chi connectivity index (χ1) is 13.5. The number of ether oxygens (including phenoxy) is 6. The Morgan fingerprint density at radius 2 is 1.79 bits per heavy atom. The van der Waals surface area contributed by atoms with Crippen molar-refractivity contribution in [1.29, 1.82) is 0 Å². The van der Waals surface area contributed by atoms with Gasteiger partial charge in [-0.3, -0.25) is 9.59 Å². The summed E-state index contributed by atoms with van der Waals surface area (Å²) in [5.74, 6) is -1.08. The van der Waals surface area contributed by atoms with E-state index in [0.717, 1.165) is 5.56 Å². The molecule has 8 heteroatoms. The molecule has 0 radical (unpaired) electrons. The normalized spacial score (nSPS) is 32.1. The van der Waals surface area contributed by atoms with Crippen molar-refractivity contribution in [3.63, 3.8) is 0 Å². The third kappa shape index (κ3) is 4.77. The zero-order valence-electron chi connectivity index (χ0n) is 15.8. The third-order valence-corrected chi connectivity index (χ3v) is 4.34. The molecule has 2 aliphatic heterocycles.